The van der Waals surface area contributed by atoms with Gasteiger partial charge in [0.2, 0.25) is 5.91 Å². The molecule has 2 saturated carbocycles. The van der Waals surface area contributed by atoms with Crippen molar-refractivity contribution in [2.24, 2.45) is 11.8 Å². The zero-order valence-electron chi connectivity index (χ0n) is 11.3. The number of benzene rings is 1. The fraction of sp³-hybridized carbons (Fsp3) is 0.562. The molecule has 1 aromatic rings. The molecule has 0 bridgehead atoms. The van der Waals surface area contributed by atoms with E-state index < -0.39 is 5.41 Å². The van der Waals surface area contributed by atoms with Crippen LogP contribution in [0.1, 0.15) is 24.8 Å². The van der Waals surface area contributed by atoms with Gasteiger partial charge < -0.3 is 10.0 Å². The number of fused-ring (bicyclic) bond motifs is 1. The van der Waals surface area contributed by atoms with Crippen LogP contribution < -0.4 is 0 Å². The normalized spacial score (nSPS) is 33.5. The van der Waals surface area contributed by atoms with Gasteiger partial charge in [0, 0.05) is 24.6 Å². The molecule has 3 aliphatic rings. The number of aliphatic hydroxyl groups is 1. The summed E-state index contributed by atoms with van der Waals surface area (Å²) >= 11 is 0. The van der Waals surface area contributed by atoms with Crippen LogP contribution in [0.2, 0.25) is 0 Å². The van der Waals surface area contributed by atoms with Crippen LogP contribution in [0.15, 0.2) is 24.3 Å². The molecular weight excluding hydrogens is 257 g/mol. The average Bonchev–Trinajstić information content (AvgIpc) is 3.16. The van der Waals surface area contributed by atoms with E-state index in [9.17, 15) is 14.3 Å². The second-order valence-corrected chi connectivity index (χ2v) is 6.50. The van der Waals surface area contributed by atoms with E-state index >= 15 is 0 Å². The van der Waals surface area contributed by atoms with Crippen LogP contribution in [-0.2, 0) is 10.2 Å². The minimum atomic E-state index is -0.625. The summed E-state index contributed by atoms with van der Waals surface area (Å²) in [6.45, 7) is 1.37. The molecule has 1 amide bonds. The molecule has 1 aliphatic heterocycles. The number of nitrogens with zero attached hydrogens (tertiary/aromatic N) is 1. The van der Waals surface area contributed by atoms with Crippen molar-refractivity contribution in [3.8, 4) is 0 Å². The summed E-state index contributed by atoms with van der Waals surface area (Å²) in [5.41, 5.74) is -0.0788. The number of hydrogen-bond acceptors (Lipinski definition) is 2. The highest BCUT2D eigenvalue weighted by Crippen LogP contribution is 2.52. The number of hydrogen-bond donors (Lipinski definition) is 1. The second kappa shape index (κ2) is 4.04. The molecule has 3 fully saturated rings. The smallest absolute Gasteiger partial charge is 0.233 e. The van der Waals surface area contributed by atoms with Crippen molar-refractivity contribution in [3.05, 3.63) is 35.6 Å². The van der Waals surface area contributed by atoms with Crippen LogP contribution >= 0.6 is 0 Å². The fourth-order valence-electron chi connectivity index (χ4n) is 3.91. The molecule has 20 heavy (non-hydrogen) atoms. The summed E-state index contributed by atoms with van der Waals surface area (Å²) in [5, 5.41) is 9.70. The minimum Gasteiger partial charge on any atom is -0.393 e. The van der Waals surface area contributed by atoms with Crippen molar-refractivity contribution < 1.29 is 14.3 Å². The topological polar surface area (TPSA) is 40.5 Å². The lowest BCUT2D eigenvalue weighted by atomic mass is 9.74. The number of rotatable bonds is 2. The van der Waals surface area contributed by atoms with E-state index in [0.717, 1.165) is 25.8 Å². The number of likely N-dealkylation sites (tertiary alicyclic amines) is 1. The van der Waals surface area contributed by atoms with Crippen molar-refractivity contribution in [1.82, 2.24) is 4.90 Å². The first kappa shape index (κ1) is 12.3. The van der Waals surface area contributed by atoms with Crippen LogP contribution in [0.25, 0.3) is 0 Å². The standard InChI is InChI=1S/C16H18FNO2/c17-13-4-2-1-3-12(13)16(5-6-16)15(20)18-8-10-7-14(19)11(10)9-18/h1-4,10-11,14,19H,5-9H2/t10-,11+,14+/m1/s1. The predicted octanol–water partition coefficient (Wildman–Crippen LogP) is 1.70. The van der Waals surface area contributed by atoms with Gasteiger partial charge in [-0.15, -0.1) is 0 Å². The number of amides is 1. The van der Waals surface area contributed by atoms with Gasteiger partial charge in [-0.1, -0.05) is 18.2 Å². The summed E-state index contributed by atoms with van der Waals surface area (Å²) in [6, 6.07) is 6.62. The van der Waals surface area contributed by atoms with Gasteiger partial charge in [0.1, 0.15) is 5.82 Å². The molecule has 4 rings (SSSR count). The third kappa shape index (κ3) is 1.57. The zero-order chi connectivity index (χ0) is 13.9. The quantitative estimate of drug-likeness (QED) is 0.892. The Kier molecular flexibility index (Phi) is 2.49. The van der Waals surface area contributed by atoms with E-state index in [4.69, 9.17) is 0 Å². The number of aliphatic hydroxyl groups excluding tert-OH is 1. The number of halogens is 1. The van der Waals surface area contributed by atoms with E-state index in [-0.39, 0.29) is 23.7 Å². The Morgan fingerprint density at radius 2 is 2.05 bits per heavy atom. The summed E-state index contributed by atoms with van der Waals surface area (Å²) in [6.07, 6.45) is 2.03. The largest absolute Gasteiger partial charge is 0.393 e. The van der Waals surface area contributed by atoms with Crippen molar-refractivity contribution in [2.75, 3.05) is 13.1 Å². The first-order chi connectivity index (χ1) is 9.62. The Labute approximate surface area is 117 Å². The Morgan fingerprint density at radius 3 is 2.65 bits per heavy atom. The molecule has 2 aliphatic carbocycles. The minimum absolute atomic E-state index is 0.0594. The van der Waals surface area contributed by atoms with Crippen LogP contribution in [0.5, 0.6) is 0 Å². The summed E-state index contributed by atoms with van der Waals surface area (Å²) < 4.78 is 14.0. The molecule has 0 aromatic heterocycles. The molecule has 0 radical (unpaired) electrons. The van der Waals surface area contributed by atoms with Gasteiger partial charge in [0.25, 0.3) is 0 Å². The van der Waals surface area contributed by atoms with Crippen LogP contribution in [0.4, 0.5) is 4.39 Å². The molecule has 0 unspecified atom stereocenters. The molecular formula is C16H18FNO2. The number of carbonyl (C=O) groups is 1. The van der Waals surface area contributed by atoms with E-state index in [1.165, 1.54) is 6.07 Å². The maximum atomic E-state index is 14.0. The summed E-state index contributed by atoms with van der Waals surface area (Å²) in [7, 11) is 0. The Balaban J connectivity index is 1.59. The maximum absolute atomic E-state index is 14.0. The highest BCUT2D eigenvalue weighted by Gasteiger charge is 2.57. The predicted molar refractivity (Wildman–Crippen MR) is 71.5 cm³/mol. The molecule has 106 valence electrons. The highest BCUT2D eigenvalue weighted by atomic mass is 19.1. The Hall–Kier alpha value is -1.42. The van der Waals surface area contributed by atoms with Gasteiger partial charge in [-0.25, -0.2) is 4.39 Å². The van der Waals surface area contributed by atoms with E-state index in [0.29, 0.717) is 18.0 Å². The summed E-state index contributed by atoms with van der Waals surface area (Å²) in [4.78, 5) is 14.6. The van der Waals surface area contributed by atoms with Gasteiger partial charge in [0.05, 0.1) is 11.5 Å². The van der Waals surface area contributed by atoms with Crippen molar-refractivity contribution in [3.63, 3.8) is 0 Å². The van der Waals surface area contributed by atoms with E-state index in [2.05, 4.69) is 0 Å². The Morgan fingerprint density at radius 1 is 1.30 bits per heavy atom. The second-order valence-electron chi connectivity index (χ2n) is 6.50. The zero-order valence-corrected chi connectivity index (χ0v) is 11.3. The van der Waals surface area contributed by atoms with Crippen molar-refractivity contribution in [2.45, 2.75) is 30.8 Å². The summed E-state index contributed by atoms with van der Waals surface area (Å²) in [5.74, 6) is 0.477. The van der Waals surface area contributed by atoms with Crippen molar-refractivity contribution >= 4 is 5.91 Å². The van der Waals surface area contributed by atoms with Crippen LogP contribution in [0, 0.1) is 17.7 Å². The first-order valence-corrected chi connectivity index (χ1v) is 7.34. The molecule has 1 N–H and O–H groups in total. The van der Waals surface area contributed by atoms with Crippen molar-refractivity contribution in [1.29, 1.82) is 0 Å². The van der Waals surface area contributed by atoms with Crippen LogP contribution in [0.3, 0.4) is 0 Å². The molecule has 1 saturated heterocycles. The number of carbonyl (C=O) groups excluding carboxylic acids is 1. The lowest BCUT2D eigenvalue weighted by Crippen LogP contribution is -2.40. The lowest BCUT2D eigenvalue weighted by molar-refractivity contribution is -0.133. The molecule has 3 atom stereocenters. The lowest BCUT2D eigenvalue weighted by Gasteiger charge is -2.34. The molecule has 1 heterocycles. The molecule has 4 heteroatoms. The highest BCUT2D eigenvalue weighted by molar-refractivity contribution is 5.91. The molecule has 0 spiro atoms. The maximum Gasteiger partial charge on any atom is 0.233 e. The van der Waals surface area contributed by atoms with Gasteiger partial charge >= 0.3 is 0 Å². The monoisotopic (exact) mass is 275 g/mol. The third-order valence-corrected chi connectivity index (χ3v) is 5.37. The molecule has 1 aromatic carbocycles. The molecule has 3 nitrogen and oxygen atoms in total. The average molecular weight is 275 g/mol. The third-order valence-electron chi connectivity index (χ3n) is 5.37. The SMILES string of the molecule is O=C(N1C[C@H]2C[C@H](O)[C@H]2C1)C1(c2ccccc2F)CC1. The first-order valence-electron chi connectivity index (χ1n) is 7.34. The van der Waals surface area contributed by atoms with Gasteiger partial charge in [-0.05, 0) is 31.2 Å². The van der Waals surface area contributed by atoms with E-state index in [1.807, 2.05) is 4.90 Å². The van der Waals surface area contributed by atoms with Gasteiger partial charge in [-0.2, -0.15) is 0 Å². The van der Waals surface area contributed by atoms with E-state index in [1.54, 1.807) is 18.2 Å². The van der Waals surface area contributed by atoms with Gasteiger partial charge in [-0.3, -0.25) is 4.79 Å². The Bertz CT molecular complexity index is 569. The van der Waals surface area contributed by atoms with Gasteiger partial charge in [0.15, 0.2) is 0 Å². The van der Waals surface area contributed by atoms with Crippen LogP contribution in [-0.4, -0.2) is 35.1 Å². The fourth-order valence-corrected chi connectivity index (χ4v) is 3.91.